The Bertz CT molecular complexity index is 848. The molecule has 1 saturated heterocycles. The Labute approximate surface area is 177 Å². The lowest BCUT2D eigenvalue weighted by Gasteiger charge is -2.59. The van der Waals surface area contributed by atoms with E-state index in [1.54, 1.807) is 6.92 Å². The first-order chi connectivity index (χ1) is 14.3. The first-order valence-corrected chi connectivity index (χ1v) is 11.3. The van der Waals surface area contributed by atoms with Crippen LogP contribution in [0.1, 0.15) is 57.9 Å². The number of rotatable bonds is 5. The van der Waals surface area contributed by atoms with Gasteiger partial charge in [-0.1, -0.05) is 30.3 Å². The molecule has 4 bridgehead atoms. The van der Waals surface area contributed by atoms with Crippen molar-refractivity contribution in [3.8, 4) is 0 Å². The van der Waals surface area contributed by atoms with Gasteiger partial charge in [-0.3, -0.25) is 14.5 Å². The summed E-state index contributed by atoms with van der Waals surface area (Å²) >= 11 is 0. The Hall–Kier alpha value is -2.37. The van der Waals surface area contributed by atoms with E-state index in [4.69, 9.17) is 0 Å². The molecule has 0 radical (unpaired) electrons. The number of hydrogen-bond acceptors (Lipinski definition) is 3. The highest BCUT2D eigenvalue weighted by atomic mass is 16.2. The van der Waals surface area contributed by atoms with Gasteiger partial charge in [0, 0.05) is 6.04 Å². The number of carbonyl (C=O) groups is 3. The van der Waals surface area contributed by atoms with Gasteiger partial charge in [0.25, 0.3) is 5.91 Å². The van der Waals surface area contributed by atoms with Crippen molar-refractivity contribution in [3.05, 3.63) is 35.9 Å². The van der Waals surface area contributed by atoms with Crippen molar-refractivity contribution in [1.82, 2.24) is 15.5 Å². The van der Waals surface area contributed by atoms with Crippen LogP contribution in [0.3, 0.4) is 0 Å². The third-order valence-corrected chi connectivity index (χ3v) is 8.31. The number of amides is 4. The third kappa shape index (κ3) is 3.03. The van der Waals surface area contributed by atoms with Gasteiger partial charge in [-0.2, -0.15) is 0 Å². The molecule has 1 aromatic carbocycles. The average molecular weight is 410 g/mol. The van der Waals surface area contributed by atoms with E-state index in [2.05, 4.69) is 17.6 Å². The summed E-state index contributed by atoms with van der Waals surface area (Å²) in [5.74, 6) is 1.81. The average Bonchev–Trinajstić information content (AvgIpc) is 2.91. The zero-order chi connectivity index (χ0) is 21.1. The Morgan fingerprint density at radius 3 is 2.23 bits per heavy atom. The summed E-state index contributed by atoms with van der Waals surface area (Å²) in [6.45, 7) is 3.58. The van der Waals surface area contributed by atoms with E-state index in [1.165, 1.54) is 38.5 Å². The molecule has 6 rings (SSSR count). The summed E-state index contributed by atoms with van der Waals surface area (Å²) in [7, 11) is 0. The van der Waals surface area contributed by atoms with E-state index in [9.17, 15) is 14.4 Å². The fourth-order valence-corrected chi connectivity index (χ4v) is 7.10. The van der Waals surface area contributed by atoms with Gasteiger partial charge >= 0.3 is 6.03 Å². The molecule has 5 aliphatic rings. The fraction of sp³-hybridized carbons (Fsp3) is 0.625. The second-order valence-electron chi connectivity index (χ2n) is 10.4. The zero-order valence-corrected chi connectivity index (χ0v) is 17.8. The van der Waals surface area contributed by atoms with Gasteiger partial charge in [-0.15, -0.1) is 0 Å². The van der Waals surface area contributed by atoms with Crippen molar-refractivity contribution in [3.63, 3.8) is 0 Å². The van der Waals surface area contributed by atoms with E-state index >= 15 is 0 Å². The highest BCUT2D eigenvalue weighted by Gasteiger charge is 2.54. The van der Waals surface area contributed by atoms with Crippen LogP contribution in [0.25, 0.3) is 0 Å². The number of nitrogens with zero attached hydrogens (tertiary/aromatic N) is 1. The first-order valence-electron chi connectivity index (χ1n) is 11.3. The Morgan fingerprint density at radius 1 is 1.10 bits per heavy atom. The topological polar surface area (TPSA) is 78.5 Å². The predicted octanol–water partition coefficient (Wildman–Crippen LogP) is 3.17. The predicted molar refractivity (Wildman–Crippen MR) is 112 cm³/mol. The number of imide groups is 1. The van der Waals surface area contributed by atoms with Gasteiger partial charge in [0.05, 0.1) is 0 Å². The van der Waals surface area contributed by atoms with Gasteiger partial charge in [0.15, 0.2) is 0 Å². The van der Waals surface area contributed by atoms with E-state index in [-0.39, 0.29) is 29.8 Å². The normalized spacial score (nSPS) is 37.9. The highest BCUT2D eigenvalue weighted by molar-refractivity contribution is 6.09. The van der Waals surface area contributed by atoms with Crippen LogP contribution in [0, 0.1) is 23.2 Å². The molecule has 0 aromatic heterocycles. The lowest BCUT2D eigenvalue weighted by atomic mass is 9.48. The van der Waals surface area contributed by atoms with Crippen molar-refractivity contribution in [1.29, 1.82) is 0 Å². The van der Waals surface area contributed by atoms with Crippen LogP contribution in [-0.2, 0) is 15.1 Å². The molecule has 2 N–H and O–H groups in total. The van der Waals surface area contributed by atoms with E-state index in [0.29, 0.717) is 5.56 Å². The lowest BCUT2D eigenvalue weighted by Crippen LogP contribution is -2.57. The molecule has 4 aliphatic carbocycles. The molecular weight excluding hydrogens is 378 g/mol. The Morgan fingerprint density at radius 2 is 1.67 bits per heavy atom. The number of nitrogens with one attached hydrogen (secondary N) is 2. The second-order valence-corrected chi connectivity index (χ2v) is 10.4. The van der Waals surface area contributed by atoms with Gasteiger partial charge in [0.2, 0.25) is 5.91 Å². The Balaban J connectivity index is 1.26. The standard InChI is InChI=1S/C24H31N3O3/c1-15(24-11-16-8-17(12-24)10-18(9-16)13-24)25-20(28)14-27-21(29)23(2,26-22(27)30)19-6-4-3-5-7-19/h3-7,15-18H,8-14H2,1-2H3,(H,25,28)(H,26,30). The quantitative estimate of drug-likeness (QED) is 0.733. The van der Waals surface area contributed by atoms with Crippen molar-refractivity contribution >= 4 is 17.8 Å². The summed E-state index contributed by atoms with van der Waals surface area (Å²) in [5, 5.41) is 5.93. The minimum Gasteiger partial charge on any atom is -0.352 e. The molecule has 2 atom stereocenters. The van der Waals surface area contributed by atoms with Gasteiger partial charge < -0.3 is 10.6 Å². The molecule has 30 heavy (non-hydrogen) atoms. The monoisotopic (exact) mass is 409 g/mol. The Kier molecular flexibility index (Phi) is 4.46. The molecule has 1 aliphatic heterocycles. The van der Waals surface area contributed by atoms with Crippen molar-refractivity contribution < 1.29 is 14.4 Å². The molecule has 1 aromatic rings. The maximum absolute atomic E-state index is 13.0. The lowest BCUT2D eigenvalue weighted by molar-refractivity contribution is -0.136. The van der Waals surface area contributed by atoms with Crippen LogP contribution in [0.2, 0.25) is 0 Å². The number of urea groups is 1. The summed E-state index contributed by atoms with van der Waals surface area (Å²) in [6.07, 6.45) is 7.70. The van der Waals surface area contributed by atoms with E-state index in [1.807, 2.05) is 30.3 Å². The largest absolute Gasteiger partial charge is 0.352 e. The summed E-state index contributed by atoms with van der Waals surface area (Å²) in [4.78, 5) is 39.5. The van der Waals surface area contributed by atoms with Crippen LogP contribution in [0.5, 0.6) is 0 Å². The molecule has 2 unspecified atom stereocenters. The molecule has 160 valence electrons. The summed E-state index contributed by atoms with van der Waals surface area (Å²) < 4.78 is 0. The minimum atomic E-state index is -1.13. The summed E-state index contributed by atoms with van der Waals surface area (Å²) in [6, 6.07) is 8.73. The molecular formula is C24H31N3O3. The number of benzene rings is 1. The molecule has 0 spiro atoms. The highest BCUT2D eigenvalue weighted by Crippen LogP contribution is 2.61. The molecule has 6 heteroatoms. The number of hydrogen-bond donors (Lipinski definition) is 2. The maximum atomic E-state index is 13.0. The van der Waals surface area contributed by atoms with Crippen molar-refractivity contribution in [2.24, 2.45) is 23.2 Å². The van der Waals surface area contributed by atoms with Crippen molar-refractivity contribution in [2.45, 2.75) is 64.0 Å². The van der Waals surface area contributed by atoms with Crippen molar-refractivity contribution in [2.75, 3.05) is 6.54 Å². The van der Waals surface area contributed by atoms with Crippen LogP contribution in [0.4, 0.5) is 4.79 Å². The second kappa shape index (κ2) is 6.82. The molecule has 5 fully saturated rings. The smallest absolute Gasteiger partial charge is 0.325 e. The third-order valence-electron chi connectivity index (χ3n) is 8.31. The van der Waals surface area contributed by atoms with Gasteiger partial charge in [0.1, 0.15) is 12.1 Å². The van der Waals surface area contributed by atoms with Gasteiger partial charge in [-0.05, 0) is 81.1 Å². The zero-order valence-electron chi connectivity index (χ0n) is 17.8. The maximum Gasteiger partial charge on any atom is 0.325 e. The fourth-order valence-electron chi connectivity index (χ4n) is 7.10. The molecule has 6 nitrogen and oxygen atoms in total. The molecule has 4 amide bonds. The molecule has 4 saturated carbocycles. The molecule has 1 heterocycles. The number of carbonyl (C=O) groups excluding carboxylic acids is 3. The first kappa shape index (κ1) is 19.6. The minimum absolute atomic E-state index is 0.0691. The summed E-state index contributed by atoms with van der Waals surface area (Å²) in [5.41, 5.74) is -0.224. The van der Waals surface area contributed by atoms with Crippen LogP contribution < -0.4 is 10.6 Å². The SMILES string of the molecule is CC(NC(=O)CN1C(=O)NC(C)(c2ccccc2)C1=O)C12CC3CC(CC(C3)C1)C2. The van der Waals surface area contributed by atoms with E-state index < -0.39 is 11.6 Å². The van der Waals surface area contributed by atoms with Crippen LogP contribution in [0.15, 0.2) is 30.3 Å². The van der Waals surface area contributed by atoms with Crippen LogP contribution in [-0.4, -0.2) is 35.3 Å². The van der Waals surface area contributed by atoms with E-state index in [0.717, 1.165) is 22.7 Å². The van der Waals surface area contributed by atoms with Crippen LogP contribution >= 0.6 is 0 Å². The van der Waals surface area contributed by atoms with Gasteiger partial charge in [-0.25, -0.2) is 4.79 Å².